The molecule has 0 atom stereocenters. The predicted octanol–water partition coefficient (Wildman–Crippen LogP) is 4.69. The second kappa shape index (κ2) is 9.27. The number of aliphatic imine (C=N–C) groups is 1. The van der Waals surface area contributed by atoms with Crippen molar-refractivity contribution >= 4 is 63.2 Å². The minimum Gasteiger partial charge on any atom is -0.370 e. The van der Waals surface area contributed by atoms with Crippen molar-refractivity contribution in [1.82, 2.24) is 0 Å². The number of halogens is 3. The van der Waals surface area contributed by atoms with E-state index in [0.717, 1.165) is 27.2 Å². The van der Waals surface area contributed by atoms with Crippen molar-refractivity contribution in [2.75, 3.05) is 11.9 Å². The molecule has 0 amide bonds. The van der Waals surface area contributed by atoms with E-state index in [1.807, 2.05) is 48.5 Å². The molecule has 6 heteroatoms. The Morgan fingerprint density at radius 3 is 2.62 bits per heavy atom. The monoisotopic (exact) mass is 479 g/mol. The molecule has 2 rings (SSSR count). The van der Waals surface area contributed by atoms with Crippen molar-refractivity contribution < 1.29 is 0 Å². The zero-order valence-corrected chi connectivity index (χ0v) is 15.9. The molecule has 0 saturated carbocycles. The standard InChI is InChI=1S/C15H15BrClN3.HI/c16-14-7-6-12(17)10-11(14)8-9-19-15(18)20-13-4-2-1-3-5-13;/h1-7,10H,8-9H2,(H3,18,19,20);1H. The van der Waals surface area contributed by atoms with Gasteiger partial charge in [-0.15, -0.1) is 24.0 Å². The Kier molecular flexibility index (Phi) is 8.06. The molecule has 0 unspecified atom stereocenters. The van der Waals surface area contributed by atoms with Crippen molar-refractivity contribution in [1.29, 1.82) is 0 Å². The average Bonchev–Trinajstić information content (AvgIpc) is 2.44. The Morgan fingerprint density at radius 1 is 1.19 bits per heavy atom. The summed E-state index contributed by atoms with van der Waals surface area (Å²) in [7, 11) is 0. The summed E-state index contributed by atoms with van der Waals surface area (Å²) < 4.78 is 1.03. The van der Waals surface area contributed by atoms with Crippen LogP contribution in [-0.2, 0) is 6.42 Å². The first-order valence-corrected chi connectivity index (χ1v) is 7.38. The Morgan fingerprint density at radius 2 is 1.90 bits per heavy atom. The van der Waals surface area contributed by atoms with Gasteiger partial charge in [0.05, 0.1) is 0 Å². The molecule has 0 aliphatic rings. The minimum absolute atomic E-state index is 0. The van der Waals surface area contributed by atoms with Crippen molar-refractivity contribution in [2.24, 2.45) is 10.7 Å². The number of benzene rings is 2. The molecule has 0 aliphatic carbocycles. The maximum absolute atomic E-state index is 5.97. The molecule has 0 radical (unpaired) electrons. The van der Waals surface area contributed by atoms with Gasteiger partial charge in [0, 0.05) is 21.7 Å². The summed E-state index contributed by atoms with van der Waals surface area (Å²) in [5, 5.41) is 3.77. The molecular formula is C15H16BrClIN3. The Hall–Kier alpha value is -0.790. The second-order valence-corrected chi connectivity index (χ2v) is 5.53. The molecule has 0 heterocycles. The summed E-state index contributed by atoms with van der Waals surface area (Å²) in [6, 6.07) is 15.4. The average molecular weight is 481 g/mol. The SMILES string of the molecule is I.NC(=NCCc1cc(Cl)ccc1Br)Nc1ccccc1. The third kappa shape index (κ3) is 6.23. The molecule has 21 heavy (non-hydrogen) atoms. The molecule has 0 aliphatic heterocycles. The maximum atomic E-state index is 5.97. The van der Waals surface area contributed by atoms with Crippen molar-refractivity contribution in [3.63, 3.8) is 0 Å². The largest absolute Gasteiger partial charge is 0.370 e. The molecule has 0 bridgehead atoms. The van der Waals surface area contributed by atoms with Gasteiger partial charge in [0.2, 0.25) is 0 Å². The molecular weight excluding hydrogens is 464 g/mol. The van der Waals surface area contributed by atoms with Gasteiger partial charge in [-0.05, 0) is 42.3 Å². The van der Waals surface area contributed by atoms with Crippen LogP contribution in [0.15, 0.2) is 58.0 Å². The number of hydrogen-bond donors (Lipinski definition) is 2. The van der Waals surface area contributed by atoms with Crippen LogP contribution >= 0.6 is 51.5 Å². The summed E-state index contributed by atoms with van der Waals surface area (Å²) >= 11 is 9.47. The van der Waals surface area contributed by atoms with Crippen LogP contribution in [0.3, 0.4) is 0 Å². The summed E-state index contributed by atoms with van der Waals surface area (Å²) in [5.74, 6) is 0.411. The number of nitrogens with two attached hydrogens (primary N) is 1. The lowest BCUT2D eigenvalue weighted by molar-refractivity contribution is 0.959. The van der Waals surface area contributed by atoms with Gasteiger partial charge < -0.3 is 11.1 Å². The summed E-state index contributed by atoms with van der Waals surface area (Å²) in [6.07, 6.45) is 0.776. The summed E-state index contributed by atoms with van der Waals surface area (Å²) in [5.41, 5.74) is 7.89. The highest BCUT2D eigenvalue weighted by atomic mass is 127. The smallest absolute Gasteiger partial charge is 0.193 e. The van der Waals surface area contributed by atoms with E-state index in [4.69, 9.17) is 17.3 Å². The fourth-order valence-electron chi connectivity index (χ4n) is 1.74. The number of hydrogen-bond acceptors (Lipinski definition) is 1. The highest BCUT2D eigenvalue weighted by Gasteiger charge is 2.01. The topological polar surface area (TPSA) is 50.4 Å². The molecule has 0 saturated heterocycles. The van der Waals surface area contributed by atoms with E-state index in [0.29, 0.717) is 12.5 Å². The van der Waals surface area contributed by atoms with Gasteiger partial charge >= 0.3 is 0 Å². The number of guanidine groups is 1. The summed E-state index contributed by atoms with van der Waals surface area (Å²) in [6.45, 7) is 0.602. The van der Waals surface area contributed by atoms with Gasteiger partial charge in [0.25, 0.3) is 0 Å². The van der Waals surface area contributed by atoms with Crippen LogP contribution in [0.25, 0.3) is 0 Å². The molecule has 0 spiro atoms. The fraction of sp³-hybridized carbons (Fsp3) is 0.133. The van der Waals surface area contributed by atoms with Crippen LogP contribution in [-0.4, -0.2) is 12.5 Å². The molecule has 0 fully saturated rings. The van der Waals surface area contributed by atoms with E-state index in [9.17, 15) is 0 Å². The molecule has 3 nitrogen and oxygen atoms in total. The van der Waals surface area contributed by atoms with E-state index in [1.54, 1.807) is 0 Å². The van der Waals surface area contributed by atoms with Gasteiger partial charge in [0.15, 0.2) is 5.96 Å². The normalized spacial score (nSPS) is 10.9. The Balaban J connectivity index is 0.00000220. The number of nitrogens with zero attached hydrogens (tertiary/aromatic N) is 1. The maximum Gasteiger partial charge on any atom is 0.193 e. The van der Waals surface area contributed by atoms with E-state index in [-0.39, 0.29) is 24.0 Å². The Bertz CT molecular complexity index is 605. The van der Waals surface area contributed by atoms with E-state index in [1.165, 1.54) is 0 Å². The van der Waals surface area contributed by atoms with Crippen LogP contribution in [0.1, 0.15) is 5.56 Å². The number of rotatable bonds is 4. The van der Waals surface area contributed by atoms with Gasteiger partial charge in [-0.1, -0.05) is 45.7 Å². The number of para-hydroxylation sites is 1. The van der Waals surface area contributed by atoms with E-state index >= 15 is 0 Å². The van der Waals surface area contributed by atoms with Crippen LogP contribution in [0.4, 0.5) is 5.69 Å². The van der Waals surface area contributed by atoms with Gasteiger partial charge in [-0.3, -0.25) is 4.99 Å². The number of anilines is 1. The van der Waals surface area contributed by atoms with Gasteiger partial charge in [-0.2, -0.15) is 0 Å². The predicted molar refractivity (Wildman–Crippen MR) is 105 cm³/mol. The molecule has 112 valence electrons. The van der Waals surface area contributed by atoms with Crippen LogP contribution < -0.4 is 11.1 Å². The minimum atomic E-state index is 0. The fourth-order valence-corrected chi connectivity index (χ4v) is 2.38. The van der Waals surface area contributed by atoms with Crippen LogP contribution in [0.2, 0.25) is 5.02 Å². The first kappa shape index (κ1) is 18.3. The van der Waals surface area contributed by atoms with E-state index < -0.39 is 0 Å². The highest BCUT2D eigenvalue weighted by Crippen LogP contribution is 2.21. The highest BCUT2D eigenvalue weighted by molar-refractivity contribution is 14.0. The molecule has 0 aromatic heterocycles. The van der Waals surface area contributed by atoms with Gasteiger partial charge in [-0.25, -0.2) is 0 Å². The Labute approximate surface area is 155 Å². The quantitative estimate of drug-likeness (QED) is 0.379. The van der Waals surface area contributed by atoms with Crippen LogP contribution in [0.5, 0.6) is 0 Å². The van der Waals surface area contributed by atoms with Crippen molar-refractivity contribution in [2.45, 2.75) is 6.42 Å². The number of nitrogens with one attached hydrogen (secondary N) is 1. The zero-order valence-electron chi connectivity index (χ0n) is 11.2. The van der Waals surface area contributed by atoms with Crippen LogP contribution in [0, 0.1) is 0 Å². The lowest BCUT2D eigenvalue weighted by Gasteiger charge is -2.06. The van der Waals surface area contributed by atoms with E-state index in [2.05, 4.69) is 26.2 Å². The van der Waals surface area contributed by atoms with Crippen molar-refractivity contribution in [3.05, 3.63) is 63.6 Å². The third-order valence-electron chi connectivity index (χ3n) is 2.72. The molecule has 2 aromatic carbocycles. The first-order valence-electron chi connectivity index (χ1n) is 6.21. The first-order chi connectivity index (χ1) is 9.65. The van der Waals surface area contributed by atoms with Gasteiger partial charge in [0.1, 0.15) is 0 Å². The zero-order chi connectivity index (χ0) is 14.4. The third-order valence-corrected chi connectivity index (χ3v) is 3.73. The lowest BCUT2D eigenvalue weighted by Crippen LogP contribution is -2.23. The molecule has 2 aromatic rings. The molecule has 3 N–H and O–H groups in total. The summed E-state index contributed by atoms with van der Waals surface area (Å²) in [4.78, 5) is 4.30. The second-order valence-electron chi connectivity index (χ2n) is 4.24. The lowest BCUT2D eigenvalue weighted by atomic mass is 10.1. The van der Waals surface area contributed by atoms with Crippen molar-refractivity contribution in [3.8, 4) is 0 Å².